The lowest BCUT2D eigenvalue weighted by molar-refractivity contribution is -0.191. The van der Waals surface area contributed by atoms with Crippen LogP contribution in [0.25, 0.3) is 0 Å². The minimum absolute atomic E-state index is 0. The van der Waals surface area contributed by atoms with E-state index in [1.54, 1.807) is 0 Å². The van der Waals surface area contributed by atoms with Gasteiger partial charge in [-0.05, 0) is 0 Å². The fourth-order valence-corrected chi connectivity index (χ4v) is 3.18. The molecule has 13 heteroatoms. The van der Waals surface area contributed by atoms with Crippen LogP contribution in [-0.2, 0) is 28.8 Å². The Morgan fingerprint density at radius 2 is 0.440 bits per heavy atom. The van der Waals surface area contributed by atoms with Gasteiger partial charge in [-0.2, -0.15) is 0 Å². The van der Waals surface area contributed by atoms with Crippen LogP contribution in [0.3, 0.4) is 0 Å². The normalized spacial score (nSPS) is 31.2. The topological polar surface area (TPSA) is 259 Å². The van der Waals surface area contributed by atoms with Gasteiger partial charge in [-0.25, -0.2) is 0 Å². The van der Waals surface area contributed by atoms with Crippen molar-refractivity contribution in [3.63, 3.8) is 0 Å². The SMILES string of the molecule is N.O=C(O)C1C(C(=O)O)C(C(=O)O)C(C(=O)O)C(C(=O)O)C1C(=O)O. The summed E-state index contributed by atoms with van der Waals surface area (Å²) in [6.45, 7) is 0. The molecule has 0 aromatic rings. The maximum atomic E-state index is 11.3. The minimum Gasteiger partial charge on any atom is -0.481 e. The Balaban J connectivity index is 0.00000576. The molecule has 0 radical (unpaired) electrons. The van der Waals surface area contributed by atoms with Crippen LogP contribution in [0.5, 0.6) is 0 Å². The summed E-state index contributed by atoms with van der Waals surface area (Å²) < 4.78 is 0. The van der Waals surface area contributed by atoms with Crippen molar-refractivity contribution in [1.82, 2.24) is 6.15 Å². The van der Waals surface area contributed by atoms with Gasteiger partial charge in [-0.3, -0.25) is 28.8 Å². The lowest BCUT2D eigenvalue weighted by Gasteiger charge is -2.42. The number of rotatable bonds is 6. The Morgan fingerprint density at radius 3 is 0.480 bits per heavy atom. The maximum Gasteiger partial charge on any atom is 0.308 e. The van der Waals surface area contributed by atoms with Crippen LogP contribution in [-0.4, -0.2) is 66.5 Å². The molecular formula is C12H15NO12. The fourth-order valence-electron chi connectivity index (χ4n) is 3.18. The second kappa shape index (κ2) is 7.57. The zero-order valence-electron chi connectivity index (χ0n) is 12.3. The highest BCUT2D eigenvalue weighted by Gasteiger charge is 2.64. The summed E-state index contributed by atoms with van der Waals surface area (Å²) in [7, 11) is 0. The smallest absolute Gasteiger partial charge is 0.308 e. The molecule has 1 saturated carbocycles. The highest BCUT2D eigenvalue weighted by atomic mass is 16.4. The molecular weight excluding hydrogens is 350 g/mol. The van der Waals surface area contributed by atoms with Crippen LogP contribution in [0.15, 0.2) is 0 Å². The average Bonchev–Trinajstić information content (AvgIpc) is 2.42. The summed E-state index contributed by atoms with van der Waals surface area (Å²) >= 11 is 0. The van der Waals surface area contributed by atoms with Gasteiger partial charge in [0.1, 0.15) is 0 Å². The molecule has 140 valence electrons. The Morgan fingerprint density at radius 1 is 0.360 bits per heavy atom. The van der Waals surface area contributed by atoms with E-state index in [4.69, 9.17) is 30.6 Å². The maximum absolute atomic E-state index is 11.3. The zero-order valence-corrected chi connectivity index (χ0v) is 12.3. The monoisotopic (exact) mass is 365 g/mol. The molecule has 1 aliphatic rings. The van der Waals surface area contributed by atoms with Crippen molar-refractivity contribution >= 4 is 35.8 Å². The van der Waals surface area contributed by atoms with Crippen molar-refractivity contribution < 1.29 is 59.4 Å². The second-order valence-corrected chi connectivity index (χ2v) is 5.18. The standard InChI is InChI=1S/C12H12O12.H3N/c13-7(14)1-2(8(15)16)4(10(19)20)6(12(23)24)5(11(21)22)3(1)9(17)18;/h1-6H,(H,13,14)(H,15,16)(H,17,18)(H,19,20)(H,21,22)(H,23,24);1H3. The summed E-state index contributed by atoms with van der Waals surface area (Å²) in [6, 6.07) is 0. The molecule has 0 saturated heterocycles. The van der Waals surface area contributed by atoms with Crippen LogP contribution >= 0.6 is 0 Å². The second-order valence-electron chi connectivity index (χ2n) is 5.18. The number of carboxylic acid groups (broad SMARTS) is 6. The van der Waals surface area contributed by atoms with Crippen molar-refractivity contribution in [3.8, 4) is 0 Å². The number of hydrogen-bond acceptors (Lipinski definition) is 7. The van der Waals surface area contributed by atoms with E-state index in [1.165, 1.54) is 0 Å². The molecule has 0 heterocycles. The Bertz CT molecular complexity index is 476. The van der Waals surface area contributed by atoms with Gasteiger partial charge >= 0.3 is 35.8 Å². The van der Waals surface area contributed by atoms with Crippen LogP contribution < -0.4 is 6.15 Å². The van der Waals surface area contributed by atoms with E-state index >= 15 is 0 Å². The van der Waals surface area contributed by atoms with Gasteiger partial charge in [-0.1, -0.05) is 0 Å². The van der Waals surface area contributed by atoms with Gasteiger partial charge in [0.25, 0.3) is 0 Å². The molecule has 0 aromatic heterocycles. The van der Waals surface area contributed by atoms with Crippen LogP contribution in [0.1, 0.15) is 0 Å². The molecule has 0 atom stereocenters. The molecule has 1 rings (SSSR count). The Labute approximate surface area is 138 Å². The first-order valence-electron chi connectivity index (χ1n) is 6.30. The molecule has 1 fully saturated rings. The molecule has 1 aliphatic carbocycles. The molecule has 0 aromatic carbocycles. The van der Waals surface area contributed by atoms with E-state index in [2.05, 4.69) is 0 Å². The lowest BCUT2D eigenvalue weighted by Crippen LogP contribution is -2.59. The summed E-state index contributed by atoms with van der Waals surface area (Å²) in [4.78, 5) is 68.0. The molecule has 0 unspecified atom stereocenters. The van der Waals surface area contributed by atoms with Crippen molar-refractivity contribution in [1.29, 1.82) is 0 Å². The number of carbonyl (C=O) groups is 6. The van der Waals surface area contributed by atoms with Gasteiger partial charge in [0.15, 0.2) is 0 Å². The quantitative estimate of drug-likeness (QED) is 0.279. The van der Waals surface area contributed by atoms with Gasteiger partial charge in [0.05, 0.1) is 35.5 Å². The molecule has 9 N–H and O–H groups in total. The first-order chi connectivity index (χ1) is 10.9. The first kappa shape index (κ1) is 21.8. The molecule has 0 amide bonds. The Hall–Kier alpha value is -3.22. The van der Waals surface area contributed by atoms with Gasteiger partial charge < -0.3 is 36.8 Å². The minimum atomic E-state index is -2.43. The van der Waals surface area contributed by atoms with Crippen LogP contribution in [0, 0.1) is 35.5 Å². The molecule has 0 spiro atoms. The predicted molar refractivity (Wildman–Crippen MR) is 71.8 cm³/mol. The number of hydrogen-bond donors (Lipinski definition) is 7. The van der Waals surface area contributed by atoms with Crippen molar-refractivity contribution in [2.45, 2.75) is 0 Å². The predicted octanol–water partition coefficient (Wildman–Crippen LogP) is -1.63. The van der Waals surface area contributed by atoms with E-state index in [1.807, 2.05) is 0 Å². The third-order valence-corrected chi connectivity index (χ3v) is 4.03. The third kappa shape index (κ3) is 3.65. The van der Waals surface area contributed by atoms with Crippen molar-refractivity contribution in [3.05, 3.63) is 0 Å². The lowest BCUT2D eigenvalue weighted by atomic mass is 9.56. The largest absolute Gasteiger partial charge is 0.481 e. The molecule has 25 heavy (non-hydrogen) atoms. The van der Waals surface area contributed by atoms with E-state index < -0.39 is 71.3 Å². The van der Waals surface area contributed by atoms with E-state index in [9.17, 15) is 28.8 Å². The highest BCUT2D eigenvalue weighted by molar-refractivity contribution is 5.96. The van der Waals surface area contributed by atoms with E-state index in [0.29, 0.717) is 0 Å². The van der Waals surface area contributed by atoms with Crippen LogP contribution in [0.4, 0.5) is 0 Å². The summed E-state index contributed by atoms with van der Waals surface area (Å²) in [5, 5.41) is 54.8. The first-order valence-corrected chi connectivity index (χ1v) is 6.30. The fraction of sp³-hybridized carbons (Fsp3) is 0.500. The van der Waals surface area contributed by atoms with E-state index in [-0.39, 0.29) is 6.15 Å². The van der Waals surface area contributed by atoms with Gasteiger partial charge in [-0.15, -0.1) is 0 Å². The molecule has 0 aliphatic heterocycles. The highest BCUT2D eigenvalue weighted by Crippen LogP contribution is 2.47. The average molecular weight is 365 g/mol. The number of carboxylic acids is 6. The molecule has 0 bridgehead atoms. The van der Waals surface area contributed by atoms with Crippen LogP contribution in [0.2, 0.25) is 0 Å². The van der Waals surface area contributed by atoms with Gasteiger partial charge in [0.2, 0.25) is 0 Å². The number of aliphatic carboxylic acids is 6. The Kier molecular flexibility index (Phi) is 6.59. The van der Waals surface area contributed by atoms with Crippen molar-refractivity contribution in [2.24, 2.45) is 35.5 Å². The summed E-state index contributed by atoms with van der Waals surface area (Å²) in [5.41, 5.74) is 0. The summed E-state index contributed by atoms with van der Waals surface area (Å²) in [5.74, 6) is -26.9. The van der Waals surface area contributed by atoms with E-state index in [0.717, 1.165) is 0 Å². The molecule has 13 nitrogen and oxygen atoms in total. The summed E-state index contributed by atoms with van der Waals surface area (Å²) in [6.07, 6.45) is 0. The van der Waals surface area contributed by atoms with Gasteiger partial charge in [0, 0.05) is 0 Å². The zero-order chi connectivity index (χ0) is 18.9. The third-order valence-electron chi connectivity index (χ3n) is 4.03. The van der Waals surface area contributed by atoms with Crippen molar-refractivity contribution in [2.75, 3.05) is 0 Å².